The smallest absolute Gasteiger partial charge is 0.0936 e. The van der Waals surface area contributed by atoms with Crippen LogP contribution in [-0.2, 0) is 23.7 Å². The van der Waals surface area contributed by atoms with Gasteiger partial charge in [0.15, 0.2) is 0 Å². The van der Waals surface area contributed by atoms with E-state index < -0.39 is 0 Å². The molecule has 4 aliphatic carbocycles. The Hall–Kier alpha value is -0.760. The van der Waals surface area contributed by atoms with Crippen molar-refractivity contribution in [2.45, 2.75) is 227 Å². The molecule has 2 saturated heterocycles. The van der Waals surface area contributed by atoms with E-state index in [0.717, 1.165) is 87.8 Å². The lowest BCUT2D eigenvalue weighted by atomic mass is 9.47. The van der Waals surface area contributed by atoms with Crippen LogP contribution < -0.4 is 0 Å². The summed E-state index contributed by atoms with van der Waals surface area (Å²) in [6, 6.07) is 0. The van der Waals surface area contributed by atoms with Crippen LogP contribution in [0.15, 0.2) is 23.8 Å². The number of hydrogen-bond donors (Lipinski definition) is 0. The SMILES string of the molecule is CCCCCCCCC=CCCCCCCCCOCC(CN1CCC2(CC1)COC2)OCCOCCO[C@H]1CC[C@@]2(C)C(=CC[C@H]3[C@@H]4CC[C@H]([C@H](C)CCCC(C)C)[C@@]4(C)CC[C@@H]32)C1. The zero-order valence-corrected chi connectivity index (χ0v) is 43.7. The zero-order chi connectivity index (χ0) is 45.8. The van der Waals surface area contributed by atoms with Crippen molar-refractivity contribution in [3.05, 3.63) is 23.8 Å². The Labute approximate surface area is 402 Å². The van der Waals surface area contributed by atoms with E-state index in [-0.39, 0.29) is 6.10 Å². The maximum atomic E-state index is 6.55. The van der Waals surface area contributed by atoms with Crippen LogP contribution in [0, 0.1) is 51.8 Å². The van der Waals surface area contributed by atoms with E-state index in [1.807, 2.05) is 0 Å². The van der Waals surface area contributed by atoms with Gasteiger partial charge in [0.25, 0.3) is 0 Å². The molecule has 0 N–H and O–H groups in total. The van der Waals surface area contributed by atoms with Crippen molar-refractivity contribution in [3.8, 4) is 0 Å². The highest BCUT2D eigenvalue weighted by Crippen LogP contribution is 2.67. The number of unbranched alkanes of at least 4 members (excludes halogenated alkanes) is 12. The van der Waals surface area contributed by atoms with Gasteiger partial charge in [-0.15, -0.1) is 0 Å². The molecule has 0 aromatic rings. The molecule has 3 saturated carbocycles. The molecule has 5 fully saturated rings. The number of rotatable bonds is 33. The summed E-state index contributed by atoms with van der Waals surface area (Å²) in [5, 5.41) is 0. The largest absolute Gasteiger partial charge is 0.380 e. The molecular weight excluding hydrogens is 803 g/mol. The first-order chi connectivity index (χ1) is 31.7. The molecule has 0 amide bonds. The fourth-order valence-electron chi connectivity index (χ4n) is 14.4. The lowest BCUT2D eigenvalue weighted by molar-refractivity contribution is -0.143. The summed E-state index contributed by atoms with van der Waals surface area (Å²) in [7, 11) is 0. The molecule has 0 aromatic heterocycles. The third kappa shape index (κ3) is 16.1. The molecule has 6 nitrogen and oxygen atoms in total. The molecule has 0 aromatic carbocycles. The Morgan fingerprint density at radius 2 is 1.42 bits per heavy atom. The number of allylic oxidation sites excluding steroid dienone is 3. The molecule has 6 heteroatoms. The van der Waals surface area contributed by atoms with Gasteiger partial charge in [0, 0.05) is 18.6 Å². The average molecular weight is 908 g/mol. The molecule has 0 radical (unpaired) electrons. The van der Waals surface area contributed by atoms with E-state index in [0.29, 0.717) is 55.4 Å². The van der Waals surface area contributed by atoms with Gasteiger partial charge in [-0.1, -0.05) is 142 Å². The van der Waals surface area contributed by atoms with Gasteiger partial charge >= 0.3 is 0 Å². The molecule has 65 heavy (non-hydrogen) atoms. The first-order valence-corrected chi connectivity index (χ1v) is 28.7. The van der Waals surface area contributed by atoms with Crippen LogP contribution in [0.3, 0.4) is 0 Å². The van der Waals surface area contributed by atoms with Crippen molar-refractivity contribution in [1.82, 2.24) is 4.90 Å². The predicted molar refractivity (Wildman–Crippen MR) is 273 cm³/mol. The number of ether oxygens (including phenoxy) is 5. The fraction of sp³-hybridized carbons (Fsp3) is 0.932. The first kappa shape index (κ1) is 53.6. The lowest BCUT2D eigenvalue weighted by Crippen LogP contribution is -2.52. The van der Waals surface area contributed by atoms with Gasteiger partial charge in [0.2, 0.25) is 0 Å². The molecule has 1 spiro atoms. The number of piperidine rings is 1. The highest BCUT2D eigenvalue weighted by atomic mass is 16.6. The van der Waals surface area contributed by atoms with E-state index in [1.165, 1.54) is 161 Å². The Morgan fingerprint density at radius 3 is 2.12 bits per heavy atom. The molecule has 1 unspecified atom stereocenters. The van der Waals surface area contributed by atoms with Crippen LogP contribution in [-0.4, -0.2) is 89.6 Å². The summed E-state index contributed by atoms with van der Waals surface area (Å²) in [4.78, 5) is 2.60. The summed E-state index contributed by atoms with van der Waals surface area (Å²) in [6.07, 6.45) is 44.2. The highest BCUT2D eigenvalue weighted by Gasteiger charge is 2.59. The molecular formula is C59H105NO5. The third-order valence-electron chi connectivity index (χ3n) is 18.7. The Bertz CT molecular complexity index is 1350. The maximum absolute atomic E-state index is 6.55. The maximum Gasteiger partial charge on any atom is 0.0936 e. The van der Waals surface area contributed by atoms with Crippen LogP contribution in [0.25, 0.3) is 0 Å². The van der Waals surface area contributed by atoms with Gasteiger partial charge in [0.05, 0.1) is 58.5 Å². The highest BCUT2D eigenvalue weighted by molar-refractivity contribution is 5.25. The number of hydrogen-bond acceptors (Lipinski definition) is 6. The minimum Gasteiger partial charge on any atom is -0.380 e. The molecule has 2 aliphatic heterocycles. The van der Waals surface area contributed by atoms with E-state index in [4.69, 9.17) is 23.7 Å². The Kier molecular flexibility index (Phi) is 23.2. The Morgan fingerprint density at radius 1 is 0.708 bits per heavy atom. The fourth-order valence-corrected chi connectivity index (χ4v) is 14.4. The van der Waals surface area contributed by atoms with Gasteiger partial charge in [-0.25, -0.2) is 0 Å². The van der Waals surface area contributed by atoms with Gasteiger partial charge in [0.1, 0.15) is 0 Å². The second-order valence-electron chi connectivity index (χ2n) is 23.9. The number of nitrogens with zero attached hydrogens (tertiary/aromatic N) is 1. The van der Waals surface area contributed by atoms with E-state index in [2.05, 4.69) is 64.7 Å². The van der Waals surface area contributed by atoms with Crippen molar-refractivity contribution >= 4 is 0 Å². The monoisotopic (exact) mass is 908 g/mol. The molecule has 9 atom stereocenters. The third-order valence-corrected chi connectivity index (χ3v) is 18.7. The summed E-state index contributed by atoms with van der Waals surface area (Å²) < 4.78 is 31.0. The normalized spacial score (nSPS) is 30.9. The average Bonchev–Trinajstić information content (AvgIpc) is 3.65. The molecule has 6 rings (SSSR count). The first-order valence-electron chi connectivity index (χ1n) is 28.7. The summed E-state index contributed by atoms with van der Waals surface area (Å²) in [5.41, 5.74) is 3.13. The van der Waals surface area contributed by atoms with Crippen LogP contribution in [0.2, 0.25) is 0 Å². The summed E-state index contributed by atoms with van der Waals surface area (Å²) in [5.74, 6) is 5.35. The van der Waals surface area contributed by atoms with Crippen LogP contribution in [0.5, 0.6) is 0 Å². The second-order valence-corrected chi connectivity index (χ2v) is 23.9. The molecule has 0 bridgehead atoms. The Balaban J connectivity index is 0.823. The van der Waals surface area contributed by atoms with Gasteiger partial charge in [-0.2, -0.15) is 0 Å². The van der Waals surface area contributed by atoms with Gasteiger partial charge in [-0.05, 0) is 156 Å². The van der Waals surface area contributed by atoms with E-state index in [9.17, 15) is 0 Å². The summed E-state index contributed by atoms with van der Waals surface area (Å²) >= 11 is 0. The van der Waals surface area contributed by atoms with Gasteiger partial charge < -0.3 is 28.6 Å². The predicted octanol–water partition coefficient (Wildman–Crippen LogP) is 15.0. The minimum atomic E-state index is 0.0895. The molecule has 6 aliphatic rings. The quantitative estimate of drug-likeness (QED) is 0.0483. The topological polar surface area (TPSA) is 49.4 Å². The minimum absolute atomic E-state index is 0.0895. The van der Waals surface area contributed by atoms with Crippen molar-refractivity contribution in [1.29, 1.82) is 0 Å². The molecule has 376 valence electrons. The van der Waals surface area contributed by atoms with Crippen molar-refractivity contribution in [3.63, 3.8) is 0 Å². The zero-order valence-electron chi connectivity index (χ0n) is 43.7. The van der Waals surface area contributed by atoms with Crippen LogP contribution in [0.1, 0.15) is 215 Å². The van der Waals surface area contributed by atoms with Crippen LogP contribution >= 0.6 is 0 Å². The van der Waals surface area contributed by atoms with E-state index >= 15 is 0 Å². The van der Waals surface area contributed by atoms with Crippen molar-refractivity contribution in [2.75, 3.05) is 72.5 Å². The standard InChI is InChI=1S/C59H105NO5/c1-7-8-9-10-11-12-13-14-15-16-17-18-19-20-21-22-38-62-45-52(44-60-36-34-59(35-37-60)46-63-47-59)65-42-40-61-39-41-64-51-30-32-57(5)50(43-51)26-27-53-55-29-28-54(49(4)25-23-24-48(2)3)58(55,6)33-31-56(53)57/h14-15,26,48-49,51-56H,7-13,16-25,27-47H2,1-6H3/t49-,51+,52?,53+,54-,55+,56+,57+,58-/m1/s1. The van der Waals surface area contributed by atoms with Crippen molar-refractivity contribution in [2.24, 2.45) is 51.8 Å². The molecule has 2 heterocycles. The van der Waals surface area contributed by atoms with E-state index in [1.54, 1.807) is 5.57 Å². The lowest BCUT2D eigenvalue weighted by Gasteiger charge is -2.58. The van der Waals surface area contributed by atoms with Crippen LogP contribution in [0.4, 0.5) is 0 Å². The number of likely N-dealkylation sites (tertiary alicyclic amines) is 1. The van der Waals surface area contributed by atoms with Crippen molar-refractivity contribution < 1.29 is 23.7 Å². The second kappa shape index (κ2) is 28.2. The van der Waals surface area contributed by atoms with Gasteiger partial charge in [-0.3, -0.25) is 0 Å². The number of fused-ring (bicyclic) bond motifs is 5. The summed E-state index contributed by atoms with van der Waals surface area (Å²) in [6.45, 7) is 24.3.